The van der Waals surface area contributed by atoms with Crippen LogP contribution in [0.25, 0.3) is 21.5 Å². The number of anilines is 6. The van der Waals surface area contributed by atoms with E-state index >= 15 is 0 Å². The van der Waals surface area contributed by atoms with Gasteiger partial charge in [-0.3, -0.25) is 0 Å². The maximum absolute atomic E-state index is 13.4. The minimum atomic E-state index is -4.56. The van der Waals surface area contributed by atoms with Crippen LogP contribution in [-0.2, 0) is 20.0 Å². The summed E-state index contributed by atoms with van der Waals surface area (Å²) in [7, 11) is -9.12. The zero-order valence-corrected chi connectivity index (χ0v) is 33.6. The molecule has 0 aliphatic carbocycles. The molecule has 0 atom stereocenters. The molecule has 8 N–H and O–H groups in total. The van der Waals surface area contributed by atoms with Gasteiger partial charge in [0.15, 0.2) is 0 Å². The van der Waals surface area contributed by atoms with Gasteiger partial charge in [-0.2, -0.15) is 0 Å². The highest BCUT2D eigenvalue weighted by molar-refractivity contribution is 7.90. The van der Waals surface area contributed by atoms with Gasteiger partial charge in [0.25, 0.3) is 20.0 Å². The van der Waals surface area contributed by atoms with E-state index in [4.69, 9.17) is 0 Å². The Morgan fingerprint density at radius 2 is 0.721 bits per heavy atom. The van der Waals surface area contributed by atoms with Crippen LogP contribution in [0.2, 0.25) is 0 Å². The molecule has 308 valence electrons. The normalized spacial score (nSPS) is 11.2. The van der Waals surface area contributed by atoms with Gasteiger partial charge in [0.2, 0.25) is 0 Å². The van der Waals surface area contributed by atoms with E-state index in [1.54, 1.807) is 31.2 Å². The van der Waals surface area contributed by atoms with Crippen molar-refractivity contribution in [2.24, 2.45) is 0 Å². The summed E-state index contributed by atoms with van der Waals surface area (Å²) >= 11 is 0. The molecule has 0 aliphatic heterocycles. The number of aryl methyl sites for hydroxylation is 1. The first-order chi connectivity index (χ1) is 29.2. The maximum atomic E-state index is 13.4. The Morgan fingerprint density at radius 3 is 1.21 bits per heavy atom. The molecule has 0 heterocycles. The number of para-hydroxylation sites is 2. The zero-order chi connectivity index (χ0) is 43.1. The fourth-order valence-corrected chi connectivity index (χ4v) is 8.35. The van der Waals surface area contributed by atoms with Crippen molar-refractivity contribution in [3.05, 3.63) is 157 Å². The van der Waals surface area contributed by atoms with Crippen molar-refractivity contribution < 1.29 is 36.0 Å². The lowest BCUT2D eigenvalue weighted by molar-refractivity contribution is 0.255. The van der Waals surface area contributed by atoms with E-state index in [1.165, 1.54) is 66.7 Å². The smallest absolute Gasteiger partial charge is 0.308 e. The quantitative estimate of drug-likeness (QED) is 0.0662. The van der Waals surface area contributed by atoms with Crippen LogP contribution in [0.15, 0.2) is 161 Å². The average Bonchev–Trinajstić information content (AvgIpc) is 3.21. The monoisotopic (exact) mass is 856 g/mol. The molecule has 0 fully saturated rings. The molecule has 0 radical (unpaired) electrons. The van der Waals surface area contributed by atoms with Crippen LogP contribution in [0.1, 0.15) is 5.56 Å². The fraction of sp³-hybridized carbons (Fsp3) is 0.0233. The Kier molecular flexibility index (Phi) is 11.8. The van der Waals surface area contributed by atoms with Crippen LogP contribution in [0, 0.1) is 6.92 Å². The van der Waals surface area contributed by atoms with Gasteiger partial charge in [-0.1, -0.05) is 91.0 Å². The Morgan fingerprint density at radius 1 is 0.361 bits per heavy atom. The van der Waals surface area contributed by atoms with Gasteiger partial charge < -0.3 is 31.9 Å². The topological polar surface area (TPSA) is 233 Å². The third-order valence-electron chi connectivity index (χ3n) is 9.06. The second-order valence-corrected chi connectivity index (χ2v) is 16.7. The number of hydrogen-bond acceptors (Lipinski definition) is 8. The first kappa shape index (κ1) is 41.2. The van der Waals surface area contributed by atoms with Crippen LogP contribution in [0.5, 0.6) is 0 Å². The van der Waals surface area contributed by atoms with Crippen LogP contribution in [-0.4, -0.2) is 41.0 Å². The van der Waals surface area contributed by atoms with E-state index in [2.05, 4.69) is 31.9 Å². The van der Waals surface area contributed by atoms with Gasteiger partial charge in [-0.25, -0.2) is 45.5 Å². The number of hydrogen-bond donors (Lipinski definition) is 8. The summed E-state index contributed by atoms with van der Waals surface area (Å²) in [6.07, 6.45) is 0. The molecule has 7 rings (SSSR count). The third-order valence-corrected chi connectivity index (χ3v) is 11.8. The van der Waals surface area contributed by atoms with E-state index in [-0.39, 0.29) is 22.7 Å². The molecule has 0 spiro atoms. The van der Waals surface area contributed by atoms with Crippen LogP contribution in [0.4, 0.5) is 53.3 Å². The SMILES string of the molecule is Cc1ccc(NC(=O)NS(=O)(=O)c2ccccc2NC(=O)Nc2ccc3ccccc3c2)cc1NC(=O)NS(=O)(=O)c1ccccc1NC(=O)Nc1ccc2ccccc2c1. The molecular weight excluding hydrogens is 821 g/mol. The standard InChI is InChI=1S/C43H36N8O8S2/c1-27-18-21-34(46-42(54)50-60(56,57)38-16-8-6-14-35(38)47-40(52)44-32-22-19-28-10-2-4-12-30(28)24-32)26-37(27)49-43(55)51-61(58,59)39-17-9-7-15-36(39)48-41(53)45-33-23-20-29-11-3-5-13-31(29)25-33/h2-26H,1H3,(H2,44,47,52)(H2,45,48,53)(H2,46,50,54)(H2,49,51,55). The molecule has 7 aromatic rings. The lowest BCUT2D eigenvalue weighted by Crippen LogP contribution is -2.35. The molecule has 0 aliphatic rings. The minimum Gasteiger partial charge on any atom is -0.308 e. The summed E-state index contributed by atoms with van der Waals surface area (Å²) in [5, 5.41) is 18.9. The maximum Gasteiger partial charge on any atom is 0.333 e. The molecule has 0 saturated heterocycles. The second-order valence-electron chi connectivity index (χ2n) is 13.4. The summed E-state index contributed by atoms with van der Waals surface area (Å²) in [5.41, 5.74) is 1.29. The molecule has 7 aromatic carbocycles. The highest BCUT2D eigenvalue weighted by atomic mass is 32.2. The van der Waals surface area contributed by atoms with Gasteiger partial charge >= 0.3 is 24.1 Å². The van der Waals surface area contributed by atoms with E-state index in [0.29, 0.717) is 16.9 Å². The lowest BCUT2D eigenvalue weighted by atomic mass is 10.1. The van der Waals surface area contributed by atoms with Gasteiger partial charge in [0, 0.05) is 22.7 Å². The van der Waals surface area contributed by atoms with Crippen molar-refractivity contribution in [1.29, 1.82) is 0 Å². The van der Waals surface area contributed by atoms with Gasteiger partial charge in [-0.05, 0) is 94.7 Å². The number of sulfonamides is 2. The van der Waals surface area contributed by atoms with Crippen molar-refractivity contribution in [2.75, 3.05) is 31.9 Å². The Labute approximate surface area is 349 Å². The highest BCUT2D eigenvalue weighted by Gasteiger charge is 2.24. The first-order valence-corrected chi connectivity index (χ1v) is 21.3. The third kappa shape index (κ3) is 10.2. The average molecular weight is 857 g/mol. The molecule has 0 unspecified atom stereocenters. The van der Waals surface area contributed by atoms with E-state index in [0.717, 1.165) is 21.5 Å². The number of rotatable bonds is 10. The van der Waals surface area contributed by atoms with Crippen LogP contribution < -0.4 is 41.3 Å². The van der Waals surface area contributed by atoms with E-state index in [9.17, 15) is 36.0 Å². The van der Waals surface area contributed by atoms with Crippen molar-refractivity contribution in [3.8, 4) is 0 Å². The van der Waals surface area contributed by atoms with Crippen molar-refractivity contribution in [2.45, 2.75) is 16.7 Å². The van der Waals surface area contributed by atoms with Gasteiger partial charge in [-0.15, -0.1) is 0 Å². The minimum absolute atomic E-state index is 0.0320. The molecule has 0 saturated carbocycles. The van der Waals surface area contributed by atoms with Gasteiger partial charge in [0.05, 0.1) is 11.4 Å². The number of urea groups is 4. The Balaban J connectivity index is 0.965. The Bertz CT molecular complexity index is 3090. The number of fused-ring (bicyclic) bond motifs is 2. The van der Waals surface area contributed by atoms with Crippen LogP contribution in [0.3, 0.4) is 0 Å². The summed E-state index contributed by atoms with van der Waals surface area (Å²) in [6, 6.07) is 37.1. The number of carbonyl (C=O) groups is 4. The molecule has 16 nitrogen and oxygen atoms in total. The largest absolute Gasteiger partial charge is 0.333 e. The summed E-state index contributed by atoms with van der Waals surface area (Å²) < 4.78 is 57.4. The summed E-state index contributed by atoms with van der Waals surface area (Å²) in [6.45, 7) is 1.60. The molecular formula is C43H36N8O8S2. The van der Waals surface area contributed by atoms with E-state index in [1.807, 2.05) is 70.1 Å². The van der Waals surface area contributed by atoms with Crippen molar-refractivity contribution in [3.63, 3.8) is 0 Å². The summed E-state index contributed by atoms with van der Waals surface area (Å²) in [4.78, 5) is 51.0. The fourth-order valence-electron chi connectivity index (χ4n) is 6.20. The predicted octanol–water partition coefficient (Wildman–Crippen LogP) is 8.61. The summed E-state index contributed by atoms with van der Waals surface area (Å²) in [5.74, 6) is 0. The number of benzene rings is 7. The number of amides is 8. The van der Waals surface area contributed by atoms with Crippen LogP contribution >= 0.6 is 0 Å². The molecule has 8 amide bonds. The molecule has 18 heteroatoms. The first-order valence-electron chi connectivity index (χ1n) is 18.3. The van der Waals surface area contributed by atoms with Gasteiger partial charge in [0.1, 0.15) is 9.79 Å². The molecule has 0 aromatic heterocycles. The Hall–Kier alpha value is -7.96. The molecule has 0 bridgehead atoms. The molecule has 61 heavy (non-hydrogen) atoms. The second kappa shape index (κ2) is 17.5. The van der Waals surface area contributed by atoms with Crippen molar-refractivity contribution >= 4 is 99.8 Å². The highest BCUT2D eigenvalue weighted by Crippen LogP contribution is 2.26. The number of nitrogens with one attached hydrogen (secondary N) is 8. The van der Waals surface area contributed by atoms with Crippen molar-refractivity contribution in [1.82, 2.24) is 9.44 Å². The lowest BCUT2D eigenvalue weighted by Gasteiger charge is -2.15. The zero-order valence-electron chi connectivity index (χ0n) is 32.0. The van der Waals surface area contributed by atoms with E-state index < -0.39 is 54.0 Å². The number of carbonyl (C=O) groups excluding carboxylic acids is 4. The predicted molar refractivity (Wildman–Crippen MR) is 236 cm³/mol.